The third kappa shape index (κ3) is 28.4. The van der Waals surface area contributed by atoms with E-state index in [1.165, 1.54) is 77.0 Å². The maximum Gasteiger partial charge on any atom is 0.0190 e. The number of nitrogens with zero attached hydrogens (tertiary/aromatic N) is 2. The van der Waals surface area contributed by atoms with Crippen LogP contribution in [0.4, 0.5) is 0 Å². The molecule has 0 aliphatic heterocycles. The molecule has 0 radical (unpaired) electrons. The van der Waals surface area contributed by atoms with E-state index in [0.717, 1.165) is 38.0 Å². The zero-order valence-electron chi connectivity index (χ0n) is 23.2. The largest absolute Gasteiger partial charge is 2.00 e. The molecule has 35 heavy (non-hydrogen) atoms. The topological polar surface area (TPSA) is 6.48 Å². The molecule has 2 unspecified atom stereocenters. The molecule has 0 aromatic rings. The van der Waals surface area contributed by atoms with Crippen molar-refractivity contribution in [3.05, 3.63) is 0 Å². The molecule has 0 N–H and O–H groups in total. The van der Waals surface area contributed by atoms with Crippen molar-refractivity contribution in [2.75, 3.05) is 26.2 Å². The monoisotopic (exact) mass is 682 g/mol. The van der Waals surface area contributed by atoms with E-state index < -0.39 is 0 Å². The van der Waals surface area contributed by atoms with Crippen LogP contribution in [-0.2, 0) is 73.3 Å². The van der Waals surface area contributed by atoms with E-state index in [-0.39, 0.29) is 48.1 Å². The van der Waals surface area contributed by atoms with Crippen molar-refractivity contribution < 1.29 is 21.1 Å². The molecule has 9 heteroatoms. The van der Waals surface area contributed by atoms with Gasteiger partial charge in [-0.15, -0.1) is 0 Å². The van der Waals surface area contributed by atoms with E-state index >= 15 is 0 Å². The molecular weight excluding hydrogens is 629 g/mol. The van der Waals surface area contributed by atoms with Crippen molar-refractivity contribution in [2.24, 2.45) is 11.8 Å². The molecule has 0 aliphatic carbocycles. The Morgan fingerprint density at radius 1 is 0.600 bits per heavy atom. The van der Waals surface area contributed by atoms with Crippen LogP contribution < -0.4 is 0 Å². The van der Waals surface area contributed by atoms with Gasteiger partial charge in [-0.1, -0.05) is 102 Å². The molecule has 0 rings (SSSR count). The summed E-state index contributed by atoms with van der Waals surface area (Å²) in [5.41, 5.74) is 0. The molecule has 0 spiro atoms. The molecule has 2 nitrogen and oxygen atoms in total. The number of hydrogen-bond donors (Lipinski definition) is 0. The van der Waals surface area contributed by atoms with Crippen LogP contribution in [-0.4, -0.2) is 44.6 Å². The fourth-order valence-electron chi connectivity index (χ4n) is 3.67. The van der Waals surface area contributed by atoms with Crippen LogP contribution in [0.1, 0.15) is 119 Å². The summed E-state index contributed by atoms with van der Waals surface area (Å²) in [6.07, 6.45) is 15.1. The van der Waals surface area contributed by atoms with Crippen molar-refractivity contribution in [2.45, 2.75) is 119 Å². The minimum Gasteiger partial charge on any atom is -2.00 e. The Labute approximate surface area is 270 Å². The average Bonchev–Trinajstić information content (AvgIpc) is 2.78. The Balaban J connectivity index is -0.000000158. The average molecular weight is 681 g/mol. The quantitative estimate of drug-likeness (QED) is 0.0812. The number of rotatable bonds is 18. The maximum atomic E-state index is 5.15. The summed E-state index contributed by atoms with van der Waals surface area (Å²) in [6.45, 7) is 17.7. The van der Waals surface area contributed by atoms with Crippen LogP contribution in [0.15, 0.2) is 0 Å². The van der Waals surface area contributed by atoms with E-state index in [1.807, 2.05) is 0 Å². The third-order valence-corrected chi connectivity index (χ3v) is 7.16. The van der Waals surface area contributed by atoms with Gasteiger partial charge in [-0.05, 0) is 37.5 Å². The first-order valence-electron chi connectivity index (χ1n) is 13.2. The van der Waals surface area contributed by atoms with Crippen molar-refractivity contribution in [3.8, 4) is 0 Å². The number of thiocarbonyl (C=S) groups is 2. The minimum absolute atomic E-state index is 0. The number of unbranched alkanes of at least 4 members (excludes halogenated alkanes) is 4. The van der Waals surface area contributed by atoms with Gasteiger partial charge in [0, 0.05) is 47.2 Å². The summed E-state index contributed by atoms with van der Waals surface area (Å²) in [6, 6.07) is 0. The molecule has 214 valence electrons. The summed E-state index contributed by atoms with van der Waals surface area (Å²) in [7, 11) is 0. The number of hydrogen-bond acceptors (Lipinski definition) is 4. The smallest absolute Gasteiger partial charge is 0.0190 e. The van der Waals surface area contributed by atoms with Gasteiger partial charge in [0.25, 0.3) is 0 Å². The van der Waals surface area contributed by atoms with Gasteiger partial charge in [0.05, 0.1) is 0 Å². The molecule has 0 bridgehead atoms. The first kappa shape index (κ1) is 46.5. The van der Waals surface area contributed by atoms with E-state index in [4.69, 9.17) is 49.7 Å². The predicted molar refractivity (Wildman–Crippen MR) is 174 cm³/mol. The van der Waals surface area contributed by atoms with Gasteiger partial charge in [0.15, 0.2) is 0 Å². The van der Waals surface area contributed by atoms with Crippen molar-refractivity contribution in [3.63, 3.8) is 0 Å². The second-order valence-electron chi connectivity index (χ2n) is 8.96. The van der Waals surface area contributed by atoms with Crippen molar-refractivity contribution in [1.82, 2.24) is 9.80 Å². The molecular formula is C26H52MoN2S6-6. The van der Waals surface area contributed by atoms with E-state index in [1.54, 1.807) is 0 Å². The fraction of sp³-hybridized carbons (Fsp3) is 0.923. The van der Waals surface area contributed by atoms with Gasteiger partial charge >= 0.3 is 0 Å². The van der Waals surface area contributed by atoms with Gasteiger partial charge in [0.2, 0.25) is 0 Å². The fourth-order valence-corrected chi connectivity index (χ4v) is 4.33. The first-order chi connectivity index (χ1) is 15.3. The van der Waals surface area contributed by atoms with E-state index in [0.29, 0.717) is 8.64 Å². The van der Waals surface area contributed by atoms with Crippen LogP contribution in [0.25, 0.3) is 0 Å². The first-order valence-corrected chi connectivity index (χ1v) is 14.9. The van der Waals surface area contributed by atoms with Gasteiger partial charge in [-0.25, -0.2) is 0 Å². The Morgan fingerprint density at radius 3 is 1.09 bits per heavy atom. The molecule has 0 saturated carbocycles. The van der Waals surface area contributed by atoms with Crippen molar-refractivity contribution >= 4 is 85.3 Å². The molecule has 0 aromatic carbocycles. The molecule has 0 heterocycles. The molecule has 0 aliphatic rings. The molecule has 2 atom stereocenters. The van der Waals surface area contributed by atoms with Gasteiger partial charge in [0.1, 0.15) is 0 Å². The third-order valence-electron chi connectivity index (χ3n) is 6.12. The van der Waals surface area contributed by atoms with Crippen LogP contribution >= 0.6 is 24.4 Å². The molecule has 0 saturated heterocycles. The minimum atomic E-state index is 0. The predicted octanol–water partition coefficient (Wildman–Crippen LogP) is 8.27. The zero-order chi connectivity index (χ0) is 24.8. The van der Waals surface area contributed by atoms with Crippen LogP contribution in [0, 0.1) is 11.8 Å². The second kappa shape index (κ2) is 33.6. The van der Waals surface area contributed by atoms with Crippen LogP contribution in [0.2, 0.25) is 0 Å². The Hall–Kier alpha value is 1.61. The summed E-state index contributed by atoms with van der Waals surface area (Å²) in [5, 5.41) is 0. The summed E-state index contributed by atoms with van der Waals surface area (Å²) in [4.78, 5) is 4.44. The summed E-state index contributed by atoms with van der Waals surface area (Å²) >= 11 is 20.6. The Kier molecular flexibility index (Phi) is 44.6. The van der Waals surface area contributed by atoms with Gasteiger partial charge < -0.3 is 86.5 Å². The zero-order valence-corrected chi connectivity index (χ0v) is 30.1. The Bertz CT molecular complexity index is 418. The second-order valence-corrected chi connectivity index (χ2v) is 11.0. The van der Waals surface area contributed by atoms with Gasteiger partial charge in [-0.2, -0.15) is 0 Å². The van der Waals surface area contributed by atoms with Crippen molar-refractivity contribution in [1.29, 1.82) is 0 Å². The molecule has 0 amide bonds. The summed E-state index contributed by atoms with van der Waals surface area (Å²) in [5.74, 6) is 1.52. The maximum absolute atomic E-state index is 5.15. The molecule has 0 fully saturated rings. The standard InChI is InChI=1S/2C13H27NS2.Mo.2S/c2*1-4-7-9-12(6-3)11-14(13(15)16)10-8-5-2;;;/h2*12H,4-11H2,1-3H3,(H,15,16);;;/q;;;2*-2/p-2. The Morgan fingerprint density at radius 2 is 0.886 bits per heavy atom. The van der Waals surface area contributed by atoms with Crippen LogP contribution in [0.5, 0.6) is 0 Å². The van der Waals surface area contributed by atoms with E-state index in [2.05, 4.69) is 51.3 Å². The summed E-state index contributed by atoms with van der Waals surface area (Å²) < 4.78 is 1.31. The SMILES string of the molecule is CCCCC(CC)CN(CCCC)C(=S)[S-].CCCCC(CC)CN(CCCC)C(=S)[S-].[Mo].[S-2].[S-2]. The van der Waals surface area contributed by atoms with E-state index in [9.17, 15) is 0 Å². The van der Waals surface area contributed by atoms with Gasteiger partial charge in [-0.3, -0.25) is 0 Å². The normalized spacial score (nSPS) is 11.4. The molecule has 0 aromatic heterocycles. The van der Waals surface area contributed by atoms with Crippen LogP contribution in [0.3, 0.4) is 0 Å².